The van der Waals surface area contributed by atoms with Crippen LogP contribution in [-0.2, 0) is 16.6 Å². The van der Waals surface area contributed by atoms with Gasteiger partial charge in [-0.05, 0) is 24.1 Å². The number of sulfonamides is 1. The zero-order valence-electron chi connectivity index (χ0n) is 13.4. The van der Waals surface area contributed by atoms with Gasteiger partial charge in [0.1, 0.15) is 16.3 Å². The highest BCUT2D eigenvalue weighted by Gasteiger charge is 2.31. The van der Waals surface area contributed by atoms with E-state index in [-0.39, 0.29) is 13.1 Å². The lowest BCUT2D eigenvalue weighted by molar-refractivity contribution is 0.0685. The topological polar surface area (TPSA) is 74.7 Å². The minimum atomic E-state index is -4.34. The molecule has 0 heterocycles. The highest BCUT2D eigenvalue weighted by molar-refractivity contribution is 7.89. The van der Waals surface area contributed by atoms with E-state index in [1.54, 1.807) is 37.3 Å². The number of rotatable bonds is 7. The number of carbonyl (C=O) groups is 1. The molecular weight excluding hydrogens is 352 g/mol. The largest absolute Gasteiger partial charge is 0.477 e. The third-order valence-electron chi connectivity index (χ3n) is 3.56. The van der Waals surface area contributed by atoms with Gasteiger partial charge in [-0.3, -0.25) is 0 Å². The number of benzene rings is 2. The van der Waals surface area contributed by atoms with E-state index in [1.165, 1.54) is 0 Å². The SMILES string of the molecule is CCCN(Cc1ccccc1)S(=O)(=O)c1ccc(F)c(C(=O)O)c1F. The lowest BCUT2D eigenvalue weighted by atomic mass is 10.2. The van der Waals surface area contributed by atoms with Crippen LogP contribution in [0.1, 0.15) is 29.3 Å². The Morgan fingerprint density at radius 2 is 1.76 bits per heavy atom. The molecule has 8 heteroatoms. The molecule has 0 saturated carbocycles. The highest BCUT2D eigenvalue weighted by atomic mass is 32.2. The van der Waals surface area contributed by atoms with Crippen molar-refractivity contribution in [1.29, 1.82) is 0 Å². The van der Waals surface area contributed by atoms with Gasteiger partial charge in [-0.25, -0.2) is 22.0 Å². The van der Waals surface area contributed by atoms with Gasteiger partial charge in [-0.1, -0.05) is 37.3 Å². The molecule has 0 spiro atoms. The van der Waals surface area contributed by atoms with E-state index in [0.29, 0.717) is 18.1 Å². The number of aromatic carboxylic acids is 1. The summed E-state index contributed by atoms with van der Waals surface area (Å²) in [6.07, 6.45) is 0.473. The predicted octanol–water partition coefficient (Wildman–Crippen LogP) is 3.26. The molecule has 134 valence electrons. The molecule has 0 atom stereocenters. The van der Waals surface area contributed by atoms with E-state index in [9.17, 15) is 22.0 Å². The third-order valence-corrected chi connectivity index (χ3v) is 5.42. The lowest BCUT2D eigenvalue weighted by Gasteiger charge is -2.22. The molecule has 0 aliphatic heterocycles. The first-order valence-electron chi connectivity index (χ1n) is 7.54. The summed E-state index contributed by atoms with van der Waals surface area (Å²) in [5.41, 5.74) is -0.585. The first-order chi connectivity index (χ1) is 11.8. The van der Waals surface area contributed by atoms with E-state index in [4.69, 9.17) is 5.11 Å². The van der Waals surface area contributed by atoms with Crippen molar-refractivity contribution in [2.75, 3.05) is 6.54 Å². The Labute approximate surface area is 144 Å². The van der Waals surface area contributed by atoms with Crippen LogP contribution in [0.3, 0.4) is 0 Å². The average Bonchev–Trinajstić information content (AvgIpc) is 2.55. The van der Waals surface area contributed by atoms with Crippen molar-refractivity contribution in [3.8, 4) is 0 Å². The first-order valence-corrected chi connectivity index (χ1v) is 8.98. The smallest absolute Gasteiger partial charge is 0.341 e. The summed E-state index contributed by atoms with van der Waals surface area (Å²) in [5, 5.41) is 8.93. The van der Waals surface area contributed by atoms with Gasteiger partial charge in [0.15, 0.2) is 5.82 Å². The minimum Gasteiger partial charge on any atom is -0.477 e. The Morgan fingerprint density at radius 3 is 2.32 bits per heavy atom. The molecule has 0 amide bonds. The molecule has 0 aliphatic carbocycles. The number of carboxylic acids is 1. The van der Waals surface area contributed by atoms with Crippen molar-refractivity contribution in [3.63, 3.8) is 0 Å². The molecule has 2 aromatic carbocycles. The summed E-state index contributed by atoms with van der Waals surface area (Å²) in [6, 6.07) is 10.1. The van der Waals surface area contributed by atoms with Gasteiger partial charge < -0.3 is 5.11 Å². The maximum Gasteiger partial charge on any atom is 0.341 e. The molecule has 0 unspecified atom stereocenters. The lowest BCUT2D eigenvalue weighted by Crippen LogP contribution is -2.32. The van der Waals surface area contributed by atoms with Crippen LogP contribution in [0.5, 0.6) is 0 Å². The molecular formula is C17H17F2NO4S. The van der Waals surface area contributed by atoms with E-state index in [2.05, 4.69) is 0 Å². The van der Waals surface area contributed by atoms with Crippen LogP contribution in [0, 0.1) is 11.6 Å². The molecule has 0 radical (unpaired) electrons. The van der Waals surface area contributed by atoms with Gasteiger partial charge >= 0.3 is 5.97 Å². The Bertz CT molecular complexity index is 870. The normalized spacial score (nSPS) is 11.7. The van der Waals surface area contributed by atoms with Crippen LogP contribution in [0.15, 0.2) is 47.4 Å². The second kappa shape index (κ2) is 7.71. The standard InChI is InChI=1S/C17H17F2NO4S/c1-2-10-20(11-12-6-4-3-5-7-12)25(23,24)14-9-8-13(18)15(16(14)19)17(21)22/h3-9H,2,10-11H2,1H3,(H,21,22). The summed E-state index contributed by atoms with van der Waals surface area (Å²) in [5.74, 6) is -4.78. The molecule has 0 aromatic heterocycles. The molecule has 0 aliphatic rings. The van der Waals surface area contributed by atoms with Gasteiger partial charge in [0.25, 0.3) is 0 Å². The number of nitrogens with zero attached hydrogens (tertiary/aromatic N) is 1. The molecule has 5 nitrogen and oxygen atoms in total. The fourth-order valence-corrected chi connectivity index (χ4v) is 3.98. The second-order valence-electron chi connectivity index (χ2n) is 5.36. The highest BCUT2D eigenvalue weighted by Crippen LogP contribution is 2.25. The zero-order chi connectivity index (χ0) is 18.6. The van der Waals surface area contributed by atoms with Crippen molar-refractivity contribution in [2.45, 2.75) is 24.8 Å². The summed E-state index contributed by atoms with van der Waals surface area (Å²) < 4.78 is 54.6. The summed E-state index contributed by atoms with van der Waals surface area (Å²) in [6.45, 7) is 1.86. The quantitative estimate of drug-likeness (QED) is 0.813. The van der Waals surface area contributed by atoms with Gasteiger partial charge in [-0.15, -0.1) is 0 Å². The van der Waals surface area contributed by atoms with Crippen LogP contribution < -0.4 is 0 Å². The molecule has 2 aromatic rings. The Balaban J connectivity index is 2.51. The summed E-state index contributed by atoms with van der Waals surface area (Å²) >= 11 is 0. The summed E-state index contributed by atoms with van der Waals surface area (Å²) in [4.78, 5) is 10.2. The van der Waals surface area contributed by atoms with Gasteiger partial charge in [0.2, 0.25) is 10.0 Å². The zero-order valence-corrected chi connectivity index (χ0v) is 14.3. The number of halogens is 2. The van der Waals surface area contributed by atoms with Crippen molar-refractivity contribution >= 4 is 16.0 Å². The van der Waals surface area contributed by atoms with Crippen molar-refractivity contribution in [2.24, 2.45) is 0 Å². The van der Waals surface area contributed by atoms with Crippen LogP contribution >= 0.6 is 0 Å². The Hall–Kier alpha value is -2.32. The van der Waals surface area contributed by atoms with Crippen LogP contribution in [0.25, 0.3) is 0 Å². The Kier molecular flexibility index (Phi) is 5.86. The van der Waals surface area contributed by atoms with Gasteiger partial charge in [0, 0.05) is 13.1 Å². The second-order valence-corrected chi connectivity index (χ2v) is 7.27. The molecule has 0 bridgehead atoms. The molecule has 1 N–H and O–H groups in total. The van der Waals surface area contributed by atoms with E-state index >= 15 is 0 Å². The van der Waals surface area contributed by atoms with Gasteiger partial charge in [-0.2, -0.15) is 4.31 Å². The molecule has 0 saturated heterocycles. The third kappa shape index (κ3) is 4.02. The number of hydrogen-bond acceptors (Lipinski definition) is 3. The maximum absolute atomic E-state index is 14.4. The molecule has 0 fully saturated rings. The van der Waals surface area contributed by atoms with E-state index in [0.717, 1.165) is 10.4 Å². The number of hydrogen-bond donors (Lipinski definition) is 1. The predicted molar refractivity (Wildman–Crippen MR) is 87.6 cm³/mol. The Morgan fingerprint density at radius 1 is 1.12 bits per heavy atom. The van der Waals surface area contributed by atoms with E-state index in [1.807, 2.05) is 0 Å². The summed E-state index contributed by atoms with van der Waals surface area (Å²) in [7, 11) is -4.34. The van der Waals surface area contributed by atoms with Gasteiger partial charge in [0.05, 0.1) is 0 Å². The fraction of sp³-hybridized carbons (Fsp3) is 0.235. The number of carboxylic acid groups (broad SMARTS) is 1. The minimum absolute atomic E-state index is 0.00374. The molecule has 2 rings (SSSR count). The van der Waals surface area contributed by atoms with Crippen LogP contribution in [-0.4, -0.2) is 30.3 Å². The monoisotopic (exact) mass is 369 g/mol. The first kappa shape index (κ1) is 19.0. The fourth-order valence-electron chi connectivity index (χ4n) is 2.39. The van der Waals surface area contributed by atoms with Crippen LogP contribution in [0.4, 0.5) is 8.78 Å². The van der Waals surface area contributed by atoms with Crippen LogP contribution in [0.2, 0.25) is 0 Å². The van der Waals surface area contributed by atoms with Crippen molar-refractivity contribution in [3.05, 3.63) is 65.2 Å². The van der Waals surface area contributed by atoms with E-state index < -0.39 is 38.1 Å². The molecule has 25 heavy (non-hydrogen) atoms. The van der Waals surface area contributed by atoms with Crippen molar-refractivity contribution < 1.29 is 27.1 Å². The van der Waals surface area contributed by atoms with Crippen molar-refractivity contribution in [1.82, 2.24) is 4.31 Å². The average molecular weight is 369 g/mol. The maximum atomic E-state index is 14.4.